The molecule has 1 aliphatic heterocycles. The summed E-state index contributed by atoms with van der Waals surface area (Å²) in [4.78, 5) is 39.6. The Labute approximate surface area is 147 Å². The second-order valence-corrected chi connectivity index (χ2v) is 6.24. The van der Waals surface area contributed by atoms with Gasteiger partial charge in [-0.05, 0) is 37.7 Å². The Kier molecular flexibility index (Phi) is 7.06. The Balaban J connectivity index is 1.63. The van der Waals surface area contributed by atoms with Crippen LogP contribution in [0, 0.1) is 5.82 Å². The number of nitrogens with one attached hydrogen (secondary N) is 1. The van der Waals surface area contributed by atoms with E-state index in [-0.39, 0.29) is 42.8 Å². The first-order valence-electron chi connectivity index (χ1n) is 8.47. The van der Waals surface area contributed by atoms with Crippen molar-refractivity contribution in [3.63, 3.8) is 0 Å². The van der Waals surface area contributed by atoms with E-state index in [1.807, 2.05) is 7.05 Å². The van der Waals surface area contributed by atoms with E-state index in [4.69, 9.17) is 0 Å². The molecule has 0 unspecified atom stereocenters. The molecule has 0 spiro atoms. The first-order chi connectivity index (χ1) is 12.0. The molecule has 0 radical (unpaired) electrons. The smallest absolute Gasteiger partial charge is 0.242 e. The van der Waals surface area contributed by atoms with Gasteiger partial charge in [0, 0.05) is 44.6 Å². The lowest BCUT2D eigenvalue weighted by molar-refractivity contribution is -0.134. The van der Waals surface area contributed by atoms with E-state index in [1.165, 1.54) is 24.3 Å². The number of likely N-dealkylation sites (N-methyl/N-ethyl adjacent to an activating group) is 1. The van der Waals surface area contributed by atoms with E-state index < -0.39 is 0 Å². The third-order valence-electron chi connectivity index (χ3n) is 4.27. The molecule has 2 amide bonds. The number of amides is 2. The highest BCUT2D eigenvalue weighted by atomic mass is 19.1. The molecule has 1 saturated heterocycles. The molecule has 0 atom stereocenters. The topological polar surface area (TPSA) is 69.7 Å². The van der Waals surface area contributed by atoms with Crippen LogP contribution in [0.1, 0.15) is 29.6 Å². The average Bonchev–Trinajstić information content (AvgIpc) is 2.60. The summed E-state index contributed by atoms with van der Waals surface area (Å²) in [6.07, 6.45) is 0.791. The Bertz CT molecular complexity index is 610. The molecule has 0 aliphatic carbocycles. The van der Waals surface area contributed by atoms with Gasteiger partial charge >= 0.3 is 0 Å². The normalized spacial score (nSPS) is 15.0. The summed E-state index contributed by atoms with van der Waals surface area (Å²) in [7, 11) is 2.01. The fourth-order valence-corrected chi connectivity index (χ4v) is 2.62. The van der Waals surface area contributed by atoms with Gasteiger partial charge in [0.2, 0.25) is 11.8 Å². The van der Waals surface area contributed by atoms with Crippen LogP contribution in [0.15, 0.2) is 24.3 Å². The van der Waals surface area contributed by atoms with Crippen molar-refractivity contribution in [2.45, 2.75) is 19.3 Å². The highest BCUT2D eigenvalue weighted by Gasteiger charge is 2.19. The SMILES string of the molecule is CN1CCN(C(=O)CNC(=O)CCCC(=O)c2ccc(F)cc2)CC1. The van der Waals surface area contributed by atoms with Crippen molar-refractivity contribution < 1.29 is 18.8 Å². The van der Waals surface area contributed by atoms with Gasteiger partial charge in [0.1, 0.15) is 5.82 Å². The monoisotopic (exact) mass is 349 g/mol. The van der Waals surface area contributed by atoms with Crippen LogP contribution in [0.5, 0.6) is 0 Å². The first kappa shape index (κ1) is 19.1. The lowest BCUT2D eigenvalue weighted by Gasteiger charge is -2.32. The molecule has 1 N–H and O–H groups in total. The van der Waals surface area contributed by atoms with Crippen molar-refractivity contribution >= 4 is 17.6 Å². The molecule has 136 valence electrons. The minimum Gasteiger partial charge on any atom is -0.347 e. The van der Waals surface area contributed by atoms with Crippen molar-refractivity contribution in [3.05, 3.63) is 35.6 Å². The van der Waals surface area contributed by atoms with Crippen LogP contribution in [0.2, 0.25) is 0 Å². The number of piperazine rings is 1. The molecule has 25 heavy (non-hydrogen) atoms. The van der Waals surface area contributed by atoms with E-state index in [9.17, 15) is 18.8 Å². The summed E-state index contributed by atoms with van der Waals surface area (Å²) in [6, 6.07) is 5.35. The predicted molar refractivity (Wildman–Crippen MR) is 91.7 cm³/mol. The van der Waals surface area contributed by atoms with Gasteiger partial charge in [-0.3, -0.25) is 14.4 Å². The number of hydrogen-bond acceptors (Lipinski definition) is 4. The van der Waals surface area contributed by atoms with E-state index in [0.717, 1.165) is 13.1 Å². The molecule has 1 heterocycles. The summed E-state index contributed by atoms with van der Waals surface area (Å²) in [5.41, 5.74) is 0.437. The number of nitrogens with zero attached hydrogens (tertiary/aromatic N) is 2. The van der Waals surface area contributed by atoms with E-state index in [2.05, 4.69) is 10.2 Å². The van der Waals surface area contributed by atoms with Crippen LogP contribution in [-0.4, -0.2) is 67.2 Å². The van der Waals surface area contributed by atoms with Crippen molar-refractivity contribution in [1.82, 2.24) is 15.1 Å². The zero-order valence-electron chi connectivity index (χ0n) is 14.5. The van der Waals surface area contributed by atoms with Crippen LogP contribution in [0.3, 0.4) is 0 Å². The van der Waals surface area contributed by atoms with Gasteiger partial charge in [-0.2, -0.15) is 0 Å². The minimum absolute atomic E-state index is 0.00550. The maximum atomic E-state index is 12.8. The Morgan fingerprint density at radius 1 is 1.04 bits per heavy atom. The predicted octanol–water partition coefficient (Wildman–Crippen LogP) is 1.07. The number of Topliss-reactive ketones (excluding diaryl/α,β-unsaturated/α-hetero) is 1. The third-order valence-corrected chi connectivity index (χ3v) is 4.27. The number of halogens is 1. The molecule has 0 aromatic heterocycles. The largest absolute Gasteiger partial charge is 0.347 e. The zero-order chi connectivity index (χ0) is 18.2. The van der Waals surface area contributed by atoms with Gasteiger partial charge in [-0.25, -0.2) is 4.39 Å². The fourth-order valence-electron chi connectivity index (χ4n) is 2.62. The number of hydrogen-bond donors (Lipinski definition) is 1. The molecule has 1 aliphatic rings. The molecule has 0 bridgehead atoms. The maximum Gasteiger partial charge on any atom is 0.242 e. The molecule has 1 fully saturated rings. The second-order valence-electron chi connectivity index (χ2n) is 6.24. The van der Waals surface area contributed by atoms with Crippen molar-refractivity contribution in [2.75, 3.05) is 39.8 Å². The van der Waals surface area contributed by atoms with Gasteiger partial charge in [0.05, 0.1) is 6.54 Å². The van der Waals surface area contributed by atoms with Crippen LogP contribution < -0.4 is 5.32 Å². The Hall–Kier alpha value is -2.28. The molecule has 1 aromatic rings. The zero-order valence-corrected chi connectivity index (χ0v) is 14.5. The van der Waals surface area contributed by atoms with Crippen LogP contribution >= 0.6 is 0 Å². The van der Waals surface area contributed by atoms with Crippen molar-refractivity contribution in [3.8, 4) is 0 Å². The molecular weight excluding hydrogens is 325 g/mol. The number of ketones is 1. The number of rotatable bonds is 7. The van der Waals surface area contributed by atoms with Crippen LogP contribution in [-0.2, 0) is 9.59 Å². The maximum absolute atomic E-state index is 12.8. The number of benzene rings is 1. The minimum atomic E-state index is -0.388. The summed E-state index contributed by atoms with van der Waals surface area (Å²) in [5, 5.41) is 2.61. The quantitative estimate of drug-likeness (QED) is 0.748. The lowest BCUT2D eigenvalue weighted by Crippen LogP contribution is -2.50. The molecule has 7 heteroatoms. The van der Waals surface area contributed by atoms with Crippen LogP contribution in [0.25, 0.3) is 0 Å². The van der Waals surface area contributed by atoms with Gasteiger partial charge in [-0.15, -0.1) is 0 Å². The molecule has 1 aromatic carbocycles. The standard InChI is InChI=1S/C18H24FN3O3/c1-21-9-11-22(12-10-21)18(25)13-20-17(24)4-2-3-16(23)14-5-7-15(19)8-6-14/h5-8H,2-4,9-13H2,1H3,(H,20,24). The molecule has 2 rings (SSSR count). The summed E-state index contributed by atoms with van der Waals surface area (Å²) < 4.78 is 12.8. The number of carbonyl (C=O) groups excluding carboxylic acids is 3. The van der Waals surface area contributed by atoms with Crippen molar-refractivity contribution in [1.29, 1.82) is 0 Å². The Morgan fingerprint density at radius 3 is 2.32 bits per heavy atom. The molecule has 0 saturated carbocycles. The molecular formula is C18H24FN3O3. The van der Waals surface area contributed by atoms with Gasteiger partial charge in [0.15, 0.2) is 5.78 Å². The first-order valence-corrected chi connectivity index (χ1v) is 8.47. The van der Waals surface area contributed by atoms with Gasteiger partial charge < -0.3 is 15.1 Å². The summed E-state index contributed by atoms with van der Waals surface area (Å²) in [6.45, 7) is 3.03. The van der Waals surface area contributed by atoms with Gasteiger partial charge in [-0.1, -0.05) is 0 Å². The summed E-state index contributed by atoms with van der Waals surface area (Å²) in [5.74, 6) is -0.833. The van der Waals surface area contributed by atoms with Crippen LogP contribution in [0.4, 0.5) is 4.39 Å². The fraction of sp³-hybridized carbons (Fsp3) is 0.500. The second kappa shape index (κ2) is 9.27. The summed E-state index contributed by atoms with van der Waals surface area (Å²) >= 11 is 0. The van der Waals surface area contributed by atoms with E-state index >= 15 is 0 Å². The highest BCUT2D eigenvalue weighted by molar-refractivity contribution is 5.96. The van der Waals surface area contributed by atoms with Crippen molar-refractivity contribution in [2.24, 2.45) is 0 Å². The average molecular weight is 349 g/mol. The third kappa shape index (κ3) is 6.26. The lowest BCUT2D eigenvalue weighted by atomic mass is 10.1. The van der Waals surface area contributed by atoms with E-state index in [1.54, 1.807) is 4.90 Å². The number of carbonyl (C=O) groups is 3. The Morgan fingerprint density at radius 2 is 1.68 bits per heavy atom. The molecule has 6 nitrogen and oxygen atoms in total. The van der Waals surface area contributed by atoms with E-state index in [0.29, 0.717) is 25.1 Å². The van der Waals surface area contributed by atoms with Gasteiger partial charge in [0.25, 0.3) is 0 Å². The highest BCUT2D eigenvalue weighted by Crippen LogP contribution is 2.08.